The van der Waals surface area contributed by atoms with E-state index in [0.29, 0.717) is 11.0 Å². The van der Waals surface area contributed by atoms with E-state index < -0.39 is 0 Å². The molecule has 4 fully saturated rings. The summed E-state index contributed by atoms with van der Waals surface area (Å²) < 4.78 is 0. The molecule has 4 aliphatic carbocycles. The summed E-state index contributed by atoms with van der Waals surface area (Å²) in [5.74, 6) is 2.42. The van der Waals surface area contributed by atoms with E-state index in [1.54, 1.807) is 12.1 Å². The fraction of sp³-hybridized carbons (Fsp3) is 0.600. The van der Waals surface area contributed by atoms with Crippen molar-refractivity contribution in [2.24, 2.45) is 23.2 Å². The third kappa shape index (κ3) is 3.19. The van der Waals surface area contributed by atoms with Gasteiger partial charge >= 0.3 is 0 Å². The van der Waals surface area contributed by atoms with Gasteiger partial charge in [0.15, 0.2) is 0 Å². The molecule has 0 radical (unpaired) electrons. The highest BCUT2D eigenvalue weighted by Crippen LogP contribution is 2.59. The second kappa shape index (κ2) is 6.23. The zero-order valence-corrected chi connectivity index (χ0v) is 14.1. The van der Waals surface area contributed by atoms with Crippen LogP contribution in [-0.2, 0) is 4.79 Å². The van der Waals surface area contributed by atoms with Crippen LogP contribution in [0.1, 0.15) is 48.9 Å². The first-order chi connectivity index (χ1) is 11.6. The van der Waals surface area contributed by atoms with Crippen molar-refractivity contribution in [2.75, 3.05) is 13.1 Å². The average molecular weight is 326 g/mol. The van der Waals surface area contributed by atoms with Gasteiger partial charge in [-0.3, -0.25) is 9.59 Å². The maximum absolute atomic E-state index is 12.1. The van der Waals surface area contributed by atoms with Crippen LogP contribution in [-0.4, -0.2) is 24.9 Å². The predicted octanol–water partition coefficient (Wildman–Crippen LogP) is 2.75. The molecular weight excluding hydrogens is 300 g/mol. The maximum Gasteiger partial charge on any atom is 0.251 e. The number of nitrogens with one attached hydrogen (secondary N) is 2. The van der Waals surface area contributed by atoms with Crippen molar-refractivity contribution in [2.45, 2.75) is 38.5 Å². The first-order valence-corrected chi connectivity index (χ1v) is 9.22. The molecule has 0 unspecified atom stereocenters. The predicted molar refractivity (Wildman–Crippen MR) is 92.4 cm³/mol. The van der Waals surface area contributed by atoms with Gasteiger partial charge in [-0.2, -0.15) is 0 Å². The Labute approximate surface area is 143 Å². The average Bonchev–Trinajstić information content (AvgIpc) is 2.57. The van der Waals surface area contributed by atoms with Crippen LogP contribution in [0.25, 0.3) is 0 Å². The molecule has 4 bridgehead atoms. The molecule has 0 atom stereocenters. The van der Waals surface area contributed by atoms with Gasteiger partial charge in [0.05, 0.1) is 6.54 Å². The van der Waals surface area contributed by atoms with Crippen molar-refractivity contribution in [1.29, 1.82) is 0 Å². The molecule has 0 aliphatic heterocycles. The molecule has 1 aromatic carbocycles. The van der Waals surface area contributed by atoms with Crippen LogP contribution >= 0.6 is 0 Å². The SMILES string of the molecule is O=C(CNC(=O)c1ccccc1)NCC12CC3CC(CC(C3)C1)C2. The van der Waals surface area contributed by atoms with E-state index in [0.717, 1.165) is 24.3 Å². The van der Waals surface area contributed by atoms with E-state index in [1.165, 1.54) is 38.5 Å². The number of hydrogen-bond donors (Lipinski definition) is 2. The summed E-state index contributed by atoms with van der Waals surface area (Å²) in [6.45, 7) is 0.844. The highest BCUT2D eigenvalue weighted by molar-refractivity contribution is 5.96. The van der Waals surface area contributed by atoms with Gasteiger partial charge in [-0.15, -0.1) is 0 Å². The fourth-order valence-electron chi connectivity index (χ4n) is 5.71. The fourth-order valence-corrected chi connectivity index (χ4v) is 5.71. The number of benzene rings is 1. The molecule has 0 saturated heterocycles. The van der Waals surface area contributed by atoms with Gasteiger partial charge < -0.3 is 10.6 Å². The third-order valence-electron chi connectivity index (χ3n) is 6.27. The molecule has 1 aromatic rings. The van der Waals surface area contributed by atoms with Crippen molar-refractivity contribution in [3.63, 3.8) is 0 Å². The molecule has 0 spiro atoms. The summed E-state index contributed by atoms with van der Waals surface area (Å²) in [5, 5.41) is 5.80. The smallest absolute Gasteiger partial charge is 0.251 e. The van der Waals surface area contributed by atoms with Crippen LogP contribution in [0.4, 0.5) is 0 Å². The summed E-state index contributed by atoms with van der Waals surface area (Å²) in [6, 6.07) is 9.02. The summed E-state index contributed by atoms with van der Waals surface area (Å²) in [6.07, 6.45) is 8.11. The Morgan fingerprint density at radius 1 is 0.917 bits per heavy atom. The Hall–Kier alpha value is -1.84. The lowest BCUT2D eigenvalue weighted by Gasteiger charge is -2.56. The molecule has 2 N–H and O–H groups in total. The van der Waals surface area contributed by atoms with Crippen molar-refractivity contribution >= 4 is 11.8 Å². The van der Waals surface area contributed by atoms with Gasteiger partial charge in [0, 0.05) is 12.1 Å². The van der Waals surface area contributed by atoms with Gasteiger partial charge in [0.25, 0.3) is 5.91 Å². The Balaban J connectivity index is 1.26. The highest BCUT2D eigenvalue weighted by atomic mass is 16.2. The molecule has 5 rings (SSSR count). The van der Waals surface area contributed by atoms with Gasteiger partial charge in [0.2, 0.25) is 5.91 Å². The lowest BCUT2D eigenvalue weighted by molar-refractivity contribution is -0.122. The van der Waals surface area contributed by atoms with E-state index in [2.05, 4.69) is 10.6 Å². The Kier molecular flexibility index (Phi) is 4.07. The summed E-state index contributed by atoms with van der Waals surface area (Å²) >= 11 is 0. The molecular formula is C20H26N2O2. The molecule has 4 aliphatic rings. The molecule has 0 aromatic heterocycles. The Bertz CT molecular complexity index is 591. The summed E-state index contributed by atoms with van der Waals surface area (Å²) in [7, 11) is 0. The molecule has 24 heavy (non-hydrogen) atoms. The Morgan fingerprint density at radius 2 is 1.50 bits per heavy atom. The second-order valence-electron chi connectivity index (χ2n) is 8.24. The second-order valence-corrected chi connectivity index (χ2v) is 8.24. The lowest BCUT2D eigenvalue weighted by atomic mass is 9.49. The minimum absolute atomic E-state index is 0.0556. The maximum atomic E-state index is 12.1. The largest absolute Gasteiger partial charge is 0.354 e. The third-order valence-corrected chi connectivity index (χ3v) is 6.27. The van der Waals surface area contributed by atoms with Crippen molar-refractivity contribution in [3.8, 4) is 0 Å². The highest BCUT2D eigenvalue weighted by Gasteiger charge is 2.50. The van der Waals surface area contributed by atoms with E-state index in [4.69, 9.17) is 0 Å². The van der Waals surface area contributed by atoms with Gasteiger partial charge in [0.1, 0.15) is 0 Å². The van der Waals surface area contributed by atoms with Crippen molar-refractivity contribution in [3.05, 3.63) is 35.9 Å². The number of carbonyl (C=O) groups excluding carboxylic acids is 2. The van der Waals surface area contributed by atoms with Crippen LogP contribution in [0, 0.1) is 23.2 Å². The number of amides is 2. The van der Waals surface area contributed by atoms with Crippen LogP contribution in [0.5, 0.6) is 0 Å². The standard InChI is InChI=1S/C20H26N2O2/c23-18(12-21-19(24)17-4-2-1-3-5-17)22-13-20-9-14-6-15(10-20)8-16(7-14)11-20/h1-5,14-16H,6-13H2,(H,21,24)(H,22,23). The van der Waals surface area contributed by atoms with Crippen LogP contribution in [0.3, 0.4) is 0 Å². The van der Waals surface area contributed by atoms with Gasteiger partial charge in [-0.05, 0) is 73.8 Å². The number of carbonyl (C=O) groups is 2. The normalized spacial score (nSPS) is 33.2. The van der Waals surface area contributed by atoms with Gasteiger partial charge in [-0.25, -0.2) is 0 Å². The topological polar surface area (TPSA) is 58.2 Å². The lowest BCUT2D eigenvalue weighted by Crippen LogP contribution is -2.52. The summed E-state index contributed by atoms with van der Waals surface area (Å²) in [5.41, 5.74) is 0.930. The molecule has 128 valence electrons. The van der Waals surface area contributed by atoms with Gasteiger partial charge in [-0.1, -0.05) is 18.2 Å². The first kappa shape index (κ1) is 15.7. The minimum Gasteiger partial charge on any atom is -0.354 e. The van der Waals surface area contributed by atoms with E-state index in [1.807, 2.05) is 18.2 Å². The minimum atomic E-state index is -0.194. The molecule has 4 nitrogen and oxygen atoms in total. The Morgan fingerprint density at radius 3 is 2.08 bits per heavy atom. The van der Waals surface area contributed by atoms with E-state index >= 15 is 0 Å². The molecule has 0 heterocycles. The zero-order valence-electron chi connectivity index (χ0n) is 14.1. The van der Waals surface area contributed by atoms with E-state index in [-0.39, 0.29) is 18.4 Å². The molecule has 4 heteroatoms. The number of rotatable bonds is 5. The monoisotopic (exact) mass is 326 g/mol. The molecule has 2 amide bonds. The van der Waals surface area contributed by atoms with Crippen LogP contribution < -0.4 is 10.6 Å². The quantitative estimate of drug-likeness (QED) is 0.874. The first-order valence-electron chi connectivity index (χ1n) is 9.22. The van der Waals surface area contributed by atoms with Crippen LogP contribution in [0.15, 0.2) is 30.3 Å². The van der Waals surface area contributed by atoms with Crippen LogP contribution in [0.2, 0.25) is 0 Å². The van der Waals surface area contributed by atoms with Crippen molar-refractivity contribution < 1.29 is 9.59 Å². The molecule has 4 saturated carbocycles. The zero-order chi connectivity index (χ0) is 16.6. The number of hydrogen-bond acceptors (Lipinski definition) is 2. The summed E-state index contributed by atoms with van der Waals surface area (Å²) in [4.78, 5) is 24.1. The van der Waals surface area contributed by atoms with Crippen molar-refractivity contribution in [1.82, 2.24) is 10.6 Å². The van der Waals surface area contributed by atoms with E-state index in [9.17, 15) is 9.59 Å².